The number of hydrogen-bond acceptors (Lipinski definition) is 17. The van der Waals surface area contributed by atoms with Gasteiger partial charge in [-0.05, 0) is 0 Å². The molecule has 3 N–H and O–H groups in total. The van der Waals surface area contributed by atoms with Gasteiger partial charge in [-0.1, -0.05) is 0 Å². The maximum Gasteiger partial charge on any atom is 2.00 e. The molecule has 0 spiro atoms. The smallest absolute Gasteiger partial charge is 0.550 e. The Morgan fingerprint density at radius 3 is 0.925 bits per heavy atom. The summed E-state index contributed by atoms with van der Waals surface area (Å²) < 4.78 is 0.550. The first kappa shape index (κ1) is 50.8. The fourth-order valence-corrected chi connectivity index (χ4v) is 2.26. The Balaban J connectivity index is -0.000000105. The molecule has 1 unspecified atom stereocenters. The number of nitrogens with zero attached hydrogens (tertiary/aromatic N) is 1. The van der Waals surface area contributed by atoms with Crippen molar-refractivity contribution in [2.75, 3.05) is 27.7 Å². The number of carboxylic acids is 7. The van der Waals surface area contributed by atoms with E-state index in [0.29, 0.717) is 11.0 Å². The zero-order chi connectivity index (χ0) is 30.4. The molecule has 0 aromatic rings. The molecule has 40 heavy (non-hydrogen) atoms. The largest absolute Gasteiger partial charge is 2.00 e. The van der Waals surface area contributed by atoms with Gasteiger partial charge in [0.05, 0.1) is 33.1 Å². The summed E-state index contributed by atoms with van der Waals surface area (Å²) in [4.78, 5) is 70.0. The number of hydrogen-bond donors (Lipinski definition) is 3. The van der Waals surface area contributed by atoms with Gasteiger partial charge in [-0.25, -0.2) is 0 Å². The number of likely N-dealkylation sites (N-methyl/N-ethyl adjacent to an activating group) is 1. The van der Waals surface area contributed by atoms with Crippen molar-refractivity contribution in [1.29, 1.82) is 0 Å². The van der Waals surface area contributed by atoms with E-state index in [1.165, 1.54) is 0 Å². The molecule has 1 atom stereocenters. The van der Waals surface area contributed by atoms with Crippen molar-refractivity contribution in [3.8, 4) is 0 Å². The SMILES string of the molecule is C[N+](C)(C)CC(O)CC(=O)[O-].O=C([O-])CC(O)(CC(=O)[O-])C(=O)[O-].O=C([O-])CC(O)(CC(=O)[O-])C(=O)[O-].[Zn+2].[Zn+2].[Zn+2]. The van der Waals surface area contributed by atoms with Crippen LogP contribution in [0.3, 0.4) is 0 Å². The molecule has 18 nitrogen and oxygen atoms in total. The second kappa shape index (κ2) is 22.7. The molecule has 214 valence electrons. The Morgan fingerprint density at radius 1 is 0.575 bits per heavy atom. The Labute approximate surface area is 265 Å². The summed E-state index contributed by atoms with van der Waals surface area (Å²) in [5.41, 5.74) is -5.95. The number of aliphatic carboxylic acids is 7. The molecule has 0 aliphatic rings. The number of quaternary nitrogens is 1. The molecule has 0 heterocycles. The Kier molecular flexibility index (Phi) is 28.8. The average molecular weight is 736 g/mol. The van der Waals surface area contributed by atoms with Crippen LogP contribution < -0.4 is 35.7 Å². The van der Waals surface area contributed by atoms with Crippen molar-refractivity contribution in [2.45, 2.75) is 49.4 Å². The third-order valence-electron chi connectivity index (χ3n) is 3.67. The van der Waals surface area contributed by atoms with E-state index in [1.54, 1.807) is 0 Å². The topological polar surface area (TPSA) is 342 Å². The van der Waals surface area contributed by atoms with Crippen molar-refractivity contribution in [2.24, 2.45) is 0 Å². The molecule has 21 heteroatoms. The van der Waals surface area contributed by atoms with Gasteiger partial charge in [0.1, 0.15) is 23.9 Å². The molecule has 0 aliphatic heterocycles. The predicted octanol–water partition coefficient (Wildman–Crippen LogP) is -12.3. The standard InChI is InChI=1S/C7H15NO3.2C6H8O7.3Zn/c1-8(2,3)5-6(9)4-7(10)11;2*7-3(8)1-6(13,5(11)12)2-4(9)10;;;/h6,9H,4-5H2,1-3H3;2*13H,1-2H2,(H,7,8)(H,9,10)(H,11,12);;;/q;;;3*+2/p-6. The van der Waals surface area contributed by atoms with E-state index >= 15 is 0 Å². The predicted molar refractivity (Wildman–Crippen MR) is 96.9 cm³/mol. The van der Waals surface area contributed by atoms with Crippen LogP contribution in [0.5, 0.6) is 0 Å². The van der Waals surface area contributed by atoms with Crippen LogP contribution in [0.1, 0.15) is 32.1 Å². The summed E-state index contributed by atoms with van der Waals surface area (Å²) in [7, 11) is 5.66. The van der Waals surface area contributed by atoms with Gasteiger partial charge in [-0.3, -0.25) is 0 Å². The molecule has 0 radical (unpaired) electrons. The first-order valence-corrected chi connectivity index (χ1v) is 9.72. The average Bonchev–Trinajstić information content (AvgIpc) is 2.57. The van der Waals surface area contributed by atoms with Gasteiger partial charge in [-0.15, -0.1) is 0 Å². The van der Waals surface area contributed by atoms with Gasteiger partial charge >= 0.3 is 58.4 Å². The summed E-state index contributed by atoms with van der Waals surface area (Å²) in [5.74, 6) is -13.2. The second-order valence-corrected chi connectivity index (χ2v) is 8.54. The molecule has 0 amide bonds. The van der Waals surface area contributed by atoms with E-state index in [2.05, 4.69) is 0 Å². The van der Waals surface area contributed by atoms with E-state index in [0.717, 1.165) is 0 Å². The summed E-state index contributed by atoms with van der Waals surface area (Å²) in [6.45, 7) is 0.425. The first-order valence-electron chi connectivity index (χ1n) is 9.72. The van der Waals surface area contributed by atoms with Crippen molar-refractivity contribution in [3.63, 3.8) is 0 Å². The Morgan fingerprint density at radius 2 is 0.800 bits per heavy atom. The molecule has 0 bridgehead atoms. The van der Waals surface area contributed by atoms with Crippen LogP contribution in [-0.2, 0) is 92.0 Å². The van der Waals surface area contributed by atoms with Crippen LogP contribution in [0, 0.1) is 0 Å². The van der Waals surface area contributed by atoms with Gasteiger partial charge in [0.15, 0.2) is 0 Å². The Hall–Kier alpha value is -2.00. The summed E-state index contributed by atoms with van der Waals surface area (Å²) >= 11 is 0. The monoisotopic (exact) mass is 731 g/mol. The maximum atomic E-state index is 10.1. The van der Waals surface area contributed by atoms with Crippen LogP contribution in [0.4, 0.5) is 0 Å². The summed E-state index contributed by atoms with van der Waals surface area (Å²) in [6, 6.07) is 0. The van der Waals surface area contributed by atoms with Crippen molar-refractivity contribution in [3.05, 3.63) is 0 Å². The molecule has 0 saturated carbocycles. The number of carbonyl (C=O) groups excluding carboxylic acids is 7. The normalized spacial score (nSPS) is 11.1. The van der Waals surface area contributed by atoms with Crippen LogP contribution >= 0.6 is 0 Å². The molecule has 0 saturated heterocycles. The molecule has 0 aromatic carbocycles. The minimum atomic E-state index is -2.97. The van der Waals surface area contributed by atoms with E-state index in [4.69, 9.17) is 15.3 Å². The summed E-state index contributed by atoms with van der Waals surface area (Å²) in [6.07, 6.45) is -6.52. The van der Waals surface area contributed by atoms with E-state index < -0.39 is 84.8 Å². The molecular weight excluding hydrogens is 710 g/mol. The maximum absolute atomic E-state index is 10.1. The van der Waals surface area contributed by atoms with Crippen molar-refractivity contribution in [1.82, 2.24) is 0 Å². The molecule has 0 aliphatic carbocycles. The quantitative estimate of drug-likeness (QED) is 0.110. The van der Waals surface area contributed by atoms with Crippen LogP contribution in [0.25, 0.3) is 0 Å². The van der Waals surface area contributed by atoms with Crippen molar-refractivity contribution >= 4 is 41.8 Å². The van der Waals surface area contributed by atoms with E-state index in [9.17, 15) is 69.3 Å². The zero-order valence-electron chi connectivity index (χ0n) is 21.9. The van der Waals surface area contributed by atoms with Gasteiger partial charge in [0.25, 0.3) is 0 Å². The van der Waals surface area contributed by atoms with Crippen LogP contribution in [-0.4, -0.2) is 107 Å². The number of aliphatic hydroxyl groups excluding tert-OH is 1. The minimum absolute atomic E-state index is 0. The van der Waals surface area contributed by atoms with Gasteiger partial charge in [0.2, 0.25) is 0 Å². The zero-order valence-corrected chi connectivity index (χ0v) is 30.8. The van der Waals surface area contributed by atoms with E-state index in [1.807, 2.05) is 21.1 Å². The number of rotatable bonds is 14. The second-order valence-electron chi connectivity index (χ2n) is 8.54. The third kappa shape index (κ3) is 29.0. The molecule has 0 fully saturated rings. The number of carboxylic acid groups (broad SMARTS) is 7. The minimum Gasteiger partial charge on any atom is -0.550 e. The van der Waals surface area contributed by atoms with Gasteiger partial charge in [0, 0.05) is 62.0 Å². The number of carbonyl (C=O) groups is 7. The fraction of sp³-hybridized carbons (Fsp3) is 0.632. The van der Waals surface area contributed by atoms with Crippen molar-refractivity contribution < 1.29 is 148 Å². The fourth-order valence-electron chi connectivity index (χ4n) is 2.26. The molecule has 0 rings (SSSR count). The van der Waals surface area contributed by atoms with Crippen LogP contribution in [0.2, 0.25) is 0 Å². The first-order chi connectivity index (χ1) is 16.4. The van der Waals surface area contributed by atoms with Crippen LogP contribution in [0.15, 0.2) is 0 Å². The van der Waals surface area contributed by atoms with Gasteiger partial charge in [-0.2, -0.15) is 0 Å². The van der Waals surface area contributed by atoms with Gasteiger partial charge < -0.3 is 89.1 Å². The molecular formula is C19H25NO17Zn3. The third-order valence-corrected chi connectivity index (χ3v) is 3.67. The van der Waals surface area contributed by atoms with E-state index in [-0.39, 0.29) is 64.9 Å². The summed E-state index contributed by atoms with van der Waals surface area (Å²) in [5, 5.41) is 97.0. The Bertz CT molecular complexity index is 775. The number of aliphatic hydroxyl groups is 3. The molecule has 0 aromatic heterocycles.